The molecule has 0 unspecified atom stereocenters. The van der Waals surface area contributed by atoms with E-state index >= 15 is 0 Å². The van der Waals surface area contributed by atoms with Crippen molar-refractivity contribution in [2.45, 2.75) is 0 Å². The van der Waals surface area contributed by atoms with E-state index in [2.05, 4.69) is 199 Å². The lowest BCUT2D eigenvalue weighted by atomic mass is 9.94. The minimum atomic E-state index is 0.590. The Bertz CT molecular complexity index is 3940. The Labute approximate surface area is 368 Å². The van der Waals surface area contributed by atoms with Gasteiger partial charge in [-0.1, -0.05) is 170 Å². The summed E-state index contributed by atoms with van der Waals surface area (Å²) in [4.78, 5) is 15.6. The van der Waals surface area contributed by atoms with Gasteiger partial charge in [0.1, 0.15) is 11.2 Å². The Morgan fingerprint density at radius 1 is 0.312 bits per heavy atom. The van der Waals surface area contributed by atoms with E-state index in [4.69, 9.17) is 19.4 Å². The summed E-state index contributed by atoms with van der Waals surface area (Å²) in [5.41, 5.74) is 12.1. The van der Waals surface area contributed by atoms with Crippen LogP contribution in [0.1, 0.15) is 0 Å². The zero-order chi connectivity index (χ0) is 42.1. The molecule has 0 fully saturated rings. The molecule has 0 atom stereocenters. The van der Waals surface area contributed by atoms with Gasteiger partial charge in [-0.05, 0) is 86.8 Å². The Balaban J connectivity index is 1.10. The molecular weight excluding hydrogens is 781 g/mol. The van der Waals surface area contributed by atoms with E-state index in [1.165, 1.54) is 26.9 Å². The van der Waals surface area contributed by atoms with Crippen LogP contribution in [0.4, 0.5) is 0 Å². The molecule has 0 radical (unpaired) electrons. The summed E-state index contributed by atoms with van der Waals surface area (Å²) >= 11 is 0. The fourth-order valence-electron chi connectivity index (χ4n) is 9.60. The fourth-order valence-corrected chi connectivity index (χ4v) is 9.60. The van der Waals surface area contributed by atoms with E-state index in [1.807, 2.05) is 24.3 Å². The number of hydrogen-bond acceptors (Lipinski definition) is 4. The second-order valence-electron chi connectivity index (χ2n) is 16.4. The molecule has 13 rings (SSSR count). The van der Waals surface area contributed by atoms with Crippen LogP contribution in [0.2, 0.25) is 0 Å². The molecule has 64 heavy (non-hydrogen) atoms. The lowest BCUT2D eigenvalue weighted by Gasteiger charge is -2.17. The molecule has 298 valence electrons. The van der Waals surface area contributed by atoms with Gasteiger partial charge in [-0.25, -0.2) is 15.0 Å². The first-order valence-corrected chi connectivity index (χ1v) is 21.6. The van der Waals surface area contributed by atoms with Crippen molar-refractivity contribution in [1.82, 2.24) is 19.5 Å². The molecule has 3 aromatic heterocycles. The highest BCUT2D eigenvalue weighted by molar-refractivity contribution is 6.23. The molecule has 0 aliphatic heterocycles. The van der Waals surface area contributed by atoms with Gasteiger partial charge in [0.2, 0.25) is 0 Å². The van der Waals surface area contributed by atoms with Crippen LogP contribution in [0.5, 0.6) is 0 Å². The van der Waals surface area contributed by atoms with Crippen molar-refractivity contribution in [3.05, 3.63) is 218 Å². The monoisotopic (exact) mass is 816 g/mol. The Kier molecular flexibility index (Phi) is 8.15. The highest BCUT2D eigenvalue weighted by Gasteiger charge is 2.22. The Morgan fingerprint density at radius 3 is 1.64 bits per heavy atom. The van der Waals surface area contributed by atoms with E-state index in [0.717, 1.165) is 83.0 Å². The number of rotatable bonds is 6. The summed E-state index contributed by atoms with van der Waals surface area (Å²) in [5, 5.41) is 9.29. The van der Waals surface area contributed by atoms with Crippen molar-refractivity contribution in [3.8, 4) is 62.1 Å². The maximum Gasteiger partial charge on any atom is 0.164 e. The second-order valence-corrected chi connectivity index (χ2v) is 16.4. The van der Waals surface area contributed by atoms with Crippen LogP contribution in [0.3, 0.4) is 0 Å². The van der Waals surface area contributed by atoms with Gasteiger partial charge in [0.15, 0.2) is 17.5 Å². The minimum Gasteiger partial charge on any atom is -0.456 e. The lowest BCUT2D eigenvalue weighted by Crippen LogP contribution is -2.02. The standard InChI is InChI=1S/C59H36N4O/c1-3-14-37(15-4-1)38-26-28-41(29-27-38)58-60-57(40-17-5-2-6-18-40)61-59(62-58)44-30-32-51(63-50-24-12-11-22-46(50)48-34-42-19-7-8-20-43(42)36-52(48)63)49(35-44)47-23-13-25-53-56(47)55-45-21-10-9-16-39(45)31-33-54(55)64-53/h1-36H. The van der Waals surface area contributed by atoms with E-state index in [9.17, 15) is 0 Å². The van der Waals surface area contributed by atoms with Crippen LogP contribution in [0, 0.1) is 0 Å². The maximum absolute atomic E-state index is 6.68. The highest BCUT2D eigenvalue weighted by Crippen LogP contribution is 2.45. The molecule has 3 heterocycles. The first-order chi connectivity index (χ1) is 31.7. The molecule has 0 saturated carbocycles. The maximum atomic E-state index is 6.68. The van der Waals surface area contributed by atoms with Gasteiger partial charge in [0.05, 0.1) is 16.7 Å². The van der Waals surface area contributed by atoms with Gasteiger partial charge in [-0.2, -0.15) is 0 Å². The summed E-state index contributed by atoms with van der Waals surface area (Å²) in [6, 6.07) is 77.0. The van der Waals surface area contributed by atoms with Crippen LogP contribution in [-0.4, -0.2) is 19.5 Å². The van der Waals surface area contributed by atoms with Crippen molar-refractivity contribution < 1.29 is 4.42 Å². The highest BCUT2D eigenvalue weighted by atomic mass is 16.3. The number of hydrogen-bond donors (Lipinski definition) is 0. The van der Waals surface area contributed by atoms with Crippen molar-refractivity contribution in [2.75, 3.05) is 0 Å². The summed E-state index contributed by atoms with van der Waals surface area (Å²) in [6.45, 7) is 0. The second kappa shape index (κ2) is 14.5. The third kappa shape index (κ3) is 5.83. The molecule has 0 spiro atoms. The summed E-state index contributed by atoms with van der Waals surface area (Å²) in [6.07, 6.45) is 0. The number of nitrogens with zero attached hydrogens (tertiary/aromatic N) is 4. The summed E-state index contributed by atoms with van der Waals surface area (Å²) in [5.74, 6) is 1.81. The number of furan rings is 1. The molecule has 0 amide bonds. The quantitative estimate of drug-likeness (QED) is 0.168. The largest absolute Gasteiger partial charge is 0.456 e. The van der Waals surface area contributed by atoms with Crippen LogP contribution in [0.15, 0.2) is 223 Å². The van der Waals surface area contributed by atoms with Crippen molar-refractivity contribution in [2.24, 2.45) is 0 Å². The number of aromatic nitrogens is 4. The van der Waals surface area contributed by atoms with Crippen LogP contribution < -0.4 is 0 Å². The first-order valence-electron chi connectivity index (χ1n) is 21.6. The minimum absolute atomic E-state index is 0.590. The van der Waals surface area contributed by atoms with Gasteiger partial charge in [-0.3, -0.25) is 0 Å². The molecule has 0 saturated heterocycles. The lowest BCUT2D eigenvalue weighted by molar-refractivity contribution is 0.669. The molecule has 0 N–H and O–H groups in total. The molecule has 0 bridgehead atoms. The third-order valence-electron chi connectivity index (χ3n) is 12.6. The van der Waals surface area contributed by atoms with E-state index in [1.54, 1.807) is 0 Å². The van der Waals surface area contributed by atoms with Gasteiger partial charge >= 0.3 is 0 Å². The van der Waals surface area contributed by atoms with Crippen LogP contribution in [0.25, 0.3) is 127 Å². The van der Waals surface area contributed by atoms with E-state index < -0.39 is 0 Å². The van der Waals surface area contributed by atoms with Gasteiger partial charge < -0.3 is 8.98 Å². The summed E-state index contributed by atoms with van der Waals surface area (Å²) in [7, 11) is 0. The predicted molar refractivity (Wildman–Crippen MR) is 264 cm³/mol. The molecule has 0 aliphatic rings. The van der Waals surface area contributed by atoms with Gasteiger partial charge in [0.25, 0.3) is 0 Å². The smallest absolute Gasteiger partial charge is 0.164 e. The van der Waals surface area contributed by atoms with E-state index in [0.29, 0.717) is 17.5 Å². The van der Waals surface area contributed by atoms with Crippen LogP contribution in [-0.2, 0) is 0 Å². The zero-order valence-electron chi connectivity index (χ0n) is 34.5. The Morgan fingerprint density at radius 2 is 0.875 bits per heavy atom. The van der Waals surface area contributed by atoms with Gasteiger partial charge in [0, 0.05) is 43.8 Å². The molecule has 5 heteroatoms. The van der Waals surface area contributed by atoms with Crippen molar-refractivity contribution in [3.63, 3.8) is 0 Å². The molecular formula is C59H36N4O. The Hall–Kier alpha value is -8.67. The predicted octanol–water partition coefficient (Wildman–Crippen LogP) is 15.5. The average molecular weight is 817 g/mol. The molecule has 13 aromatic rings. The topological polar surface area (TPSA) is 56.7 Å². The van der Waals surface area contributed by atoms with E-state index in [-0.39, 0.29) is 0 Å². The number of fused-ring (bicyclic) bond motifs is 9. The third-order valence-corrected chi connectivity index (χ3v) is 12.6. The fraction of sp³-hybridized carbons (Fsp3) is 0. The molecule has 10 aromatic carbocycles. The number of benzene rings is 10. The molecule has 0 aliphatic carbocycles. The normalized spacial score (nSPS) is 11.8. The molecule has 5 nitrogen and oxygen atoms in total. The SMILES string of the molecule is c1ccc(-c2ccc(-c3nc(-c4ccccc4)nc(-c4ccc(-n5c6ccccc6c6cc7ccccc7cc65)c(-c5cccc6oc7ccc8ccccc8c7c56)c4)n3)cc2)cc1. The number of para-hydroxylation sites is 1. The summed E-state index contributed by atoms with van der Waals surface area (Å²) < 4.78 is 9.11. The first kappa shape index (κ1) is 36.0. The van der Waals surface area contributed by atoms with Crippen LogP contribution >= 0.6 is 0 Å². The zero-order valence-corrected chi connectivity index (χ0v) is 34.5. The van der Waals surface area contributed by atoms with Gasteiger partial charge in [-0.15, -0.1) is 0 Å². The van der Waals surface area contributed by atoms with Crippen molar-refractivity contribution in [1.29, 1.82) is 0 Å². The van der Waals surface area contributed by atoms with Crippen molar-refractivity contribution >= 4 is 65.3 Å². The average Bonchev–Trinajstić information content (AvgIpc) is 3.92.